The molecule has 4 rings (SSSR count). The van der Waals surface area contributed by atoms with Gasteiger partial charge in [0.05, 0.1) is 0 Å². The molecule has 30 heavy (non-hydrogen) atoms. The van der Waals surface area contributed by atoms with Crippen molar-refractivity contribution in [1.82, 2.24) is 5.32 Å². The molecule has 0 fully saturated rings. The zero-order valence-electron chi connectivity index (χ0n) is 17.0. The van der Waals surface area contributed by atoms with Crippen LogP contribution < -0.4 is 16.0 Å². The summed E-state index contributed by atoms with van der Waals surface area (Å²) in [5.41, 5.74) is 4.99. The lowest BCUT2D eigenvalue weighted by Crippen LogP contribution is -2.93. The molecule has 152 valence electrons. The maximum absolute atomic E-state index is 13.1. The van der Waals surface area contributed by atoms with E-state index in [2.05, 4.69) is 22.8 Å². The van der Waals surface area contributed by atoms with Crippen molar-refractivity contribution in [3.05, 3.63) is 101 Å². The predicted molar refractivity (Wildman–Crippen MR) is 117 cm³/mol. The first-order chi connectivity index (χ1) is 14.6. The van der Waals surface area contributed by atoms with Gasteiger partial charge in [0.25, 0.3) is 11.8 Å². The molecule has 3 aromatic rings. The fraction of sp³-hybridized carbons (Fsp3) is 0.200. The third-order valence-electron chi connectivity index (χ3n) is 5.48. The first kappa shape index (κ1) is 19.9. The van der Waals surface area contributed by atoms with Crippen LogP contribution in [0.4, 0.5) is 5.69 Å². The van der Waals surface area contributed by atoms with Gasteiger partial charge in [-0.3, -0.25) is 9.59 Å². The normalized spacial score (nSPS) is 16.2. The topological polar surface area (TPSA) is 74.8 Å². The predicted octanol–water partition coefficient (Wildman–Crippen LogP) is 2.48. The fourth-order valence-electron chi connectivity index (χ4n) is 3.88. The maximum atomic E-state index is 13.1. The van der Waals surface area contributed by atoms with Gasteiger partial charge in [0.2, 0.25) is 0 Å². The van der Waals surface area contributed by atoms with Crippen molar-refractivity contribution >= 4 is 17.5 Å². The maximum Gasteiger partial charge on any atom is 0.279 e. The molecule has 0 radical (unpaired) electrons. The molecule has 2 amide bonds. The van der Waals surface area contributed by atoms with Gasteiger partial charge >= 0.3 is 0 Å². The zero-order valence-corrected chi connectivity index (χ0v) is 17.0. The lowest BCUT2D eigenvalue weighted by molar-refractivity contribution is -0.695. The molecule has 1 aliphatic heterocycles. The van der Waals surface area contributed by atoms with Gasteiger partial charge in [-0.05, 0) is 35.7 Å². The van der Waals surface area contributed by atoms with Crippen molar-refractivity contribution in [2.75, 3.05) is 5.32 Å². The highest BCUT2D eigenvalue weighted by molar-refractivity contribution is 5.98. The Labute approximate surface area is 176 Å². The Bertz CT molecular complexity index is 1050. The molecule has 0 aromatic heterocycles. The first-order valence-corrected chi connectivity index (χ1v) is 10.2. The summed E-state index contributed by atoms with van der Waals surface area (Å²) in [6.45, 7) is 2.74. The summed E-state index contributed by atoms with van der Waals surface area (Å²) in [4.78, 5) is 26.2. The Morgan fingerprint density at radius 2 is 1.67 bits per heavy atom. The van der Waals surface area contributed by atoms with Crippen LogP contribution in [-0.4, -0.2) is 17.9 Å². The zero-order chi connectivity index (χ0) is 20.9. The van der Waals surface area contributed by atoms with E-state index in [0.29, 0.717) is 12.1 Å². The molecule has 0 saturated heterocycles. The summed E-state index contributed by atoms with van der Waals surface area (Å²) < 4.78 is 0. The van der Waals surface area contributed by atoms with Crippen molar-refractivity contribution in [2.24, 2.45) is 0 Å². The van der Waals surface area contributed by atoms with Gasteiger partial charge in [-0.1, -0.05) is 66.7 Å². The molecule has 1 heterocycles. The molecule has 4 N–H and O–H groups in total. The molecule has 0 unspecified atom stereocenters. The van der Waals surface area contributed by atoms with Gasteiger partial charge in [0.15, 0.2) is 6.04 Å². The minimum Gasteiger partial charge on any atom is -0.335 e. The second-order valence-electron chi connectivity index (χ2n) is 7.73. The molecular weight excluding hydrogens is 374 g/mol. The van der Waals surface area contributed by atoms with Crippen molar-refractivity contribution in [1.29, 1.82) is 0 Å². The summed E-state index contributed by atoms with van der Waals surface area (Å²) in [6.07, 6.45) is 0.656. The number of quaternary nitrogens is 1. The lowest BCUT2D eigenvalue weighted by Gasteiger charge is -2.25. The van der Waals surface area contributed by atoms with Crippen LogP contribution in [0.15, 0.2) is 78.9 Å². The average molecular weight is 401 g/mol. The van der Waals surface area contributed by atoms with E-state index in [0.717, 1.165) is 17.7 Å². The molecule has 5 nitrogen and oxygen atoms in total. The summed E-state index contributed by atoms with van der Waals surface area (Å²) in [5.74, 6) is -0.380. The van der Waals surface area contributed by atoms with Crippen molar-refractivity contribution in [2.45, 2.75) is 32.0 Å². The van der Waals surface area contributed by atoms with Gasteiger partial charge in [-0.15, -0.1) is 0 Å². The summed E-state index contributed by atoms with van der Waals surface area (Å²) in [7, 11) is 0. The van der Waals surface area contributed by atoms with Crippen LogP contribution in [-0.2, 0) is 22.6 Å². The first-order valence-electron chi connectivity index (χ1n) is 10.2. The number of fused-ring (bicyclic) bond motifs is 1. The van der Waals surface area contributed by atoms with Crippen LogP contribution in [0.5, 0.6) is 0 Å². The molecule has 3 aromatic carbocycles. The number of nitrogens with one attached hydrogen (secondary N) is 2. The highest BCUT2D eigenvalue weighted by atomic mass is 16.2. The number of rotatable bonds is 5. The number of carbonyl (C=O) groups is 2. The number of nitrogens with two attached hydrogens (primary N) is 1. The standard InChI is InChI=1S/C25H25N3O2/c1-17-8-7-13-21(14-17)27-25(30)23(18-9-3-2-4-10-18)28-24(29)22-15-19-11-5-6-12-20(19)16-26-22/h2-14,22-23,26H,15-16H2,1H3,(H,27,30)(H,28,29)/p+1/t22-,23+/m0/s1. The molecule has 0 bridgehead atoms. The van der Waals surface area contributed by atoms with Crippen LogP contribution in [0.2, 0.25) is 0 Å². The van der Waals surface area contributed by atoms with Gasteiger partial charge < -0.3 is 16.0 Å². The van der Waals surface area contributed by atoms with E-state index >= 15 is 0 Å². The SMILES string of the molecule is Cc1cccc(NC(=O)[C@H](NC(=O)[C@@H]2Cc3ccccc3C[NH2+]2)c2ccccc2)c1. The van der Waals surface area contributed by atoms with Crippen LogP contribution in [0.1, 0.15) is 28.3 Å². The second-order valence-corrected chi connectivity index (χ2v) is 7.73. The number of hydrogen-bond donors (Lipinski definition) is 3. The van der Waals surface area contributed by atoms with E-state index in [1.54, 1.807) is 0 Å². The highest BCUT2D eigenvalue weighted by Gasteiger charge is 2.31. The fourth-order valence-corrected chi connectivity index (χ4v) is 3.88. The van der Waals surface area contributed by atoms with E-state index in [9.17, 15) is 9.59 Å². The van der Waals surface area contributed by atoms with Crippen molar-refractivity contribution in [3.8, 4) is 0 Å². The highest BCUT2D eigenvalue weighted by Crippen LogP contribution is 2.18. The van der Waals surface area contributed by atoms with Crippen LogP contribution in [0, 0.1) is 6.92 Å². The van der Waals surface area contributed by atoms with Gasteiger partial charge in [-0.25, -0.2) is 0 Å². The molecule has 5 heteroatoms. The summed E-state index contributed by atoms with van der Waals surface area (Å²) in [6, 6.07) is 24.2. The van der Waals surface area contributed by atoms with Crippen molar-refractivity contribution in [3.63, 3.8) is 0 Å². The number of hydrogen-bond acceptors (Lipinski definition) is 2. The van der Waals surface area contributed by atoms with Gasteiger partial charge in [0, 0.05) is 17.7 Å². The Morgan fingerprint density at radius 1 is 0.933 bits per heavy atom. The monoisotopic (exact) mass is 400 g/mol. The van der Waals surface area contributed by atoms with E-state index in [1.807, 2.05) is 79.0 Å². The molecule has 0 aliphatic carbocycles. The van der Waals surface area contributed by atoms with Crippen LogP contribution in [0.25, 0.3) is 0 Å². The second kappa shape index (κ2) is 8.93. The third-order valence-corrected chi connectivity index (χ3v) is 5.48. The number of carbonyl (C=O) groups excluding carboxylic acids is 2. The lowest BCUT2D eigenvalue weighted by atomic mass is 9.95. The summed E-state index contributed by atoms with van der Waals surface area (Å²) in [5, 5.41) is 7.97. The number of anilines is 1. The summed E-state index contributed by atoms with van der Waals surface area (Å²) >= 11 is 0. The molecular formula is C25H26N3O2+. The Balaban J connectivity index is 1.52. The molecule has 0 spiro atoms. The third kappa shape index (κ3) is 4.58. The van der Waals surface area contributed by atoms with Crippen molar-refractivity contribution < 1.29 is 14.9 Å². The van der Waals surface area contributed by atoms with Gasteiger partial charge in [-0.2, -0.15) is 0 Å². The van der Waals surface area contributed by atoms with Crippen LogP contribution >= 0.6 is 0 Å². The Hall–Kier alpha value is -3.44. The number of benzene rings is 3. The van der Waals surface area contributed by atoms with Gasteiger partial charge in [0.1, 0.15) is 12.6 Å². The quantitative estimate of drug-likeness (QED) is 0.616. The van der Waals surface area contributed by atoms with E-state index in [-0.39, 0.29) is 17.9 Å². The van der Waals surface area contributed by atoms with E-state index in [1.165, 1.54) is 11.1 Å². The van der Waals surface area contributed by atoms with E-state index in [4.69, 9.17) is 0 Å². The van der Waals surface area contributed by atoms with E-state index < -0.39 is 6.04 Å². The molecule has 1 aliphatic rings. The number of aryl methyl sites for hydroxylation is 1. The Morgan fingerprint density at radius 3 is 2.43 bits per heavy atom. The smallest absolute Gasteiger partial charge is 0.279 e. The minimum absolute atomic E-state index is 0.127. The minimum atomic E-state index is -0.759. The van der Waals surface area contributed by atoms with Crippen LogP contribution in [0.3, 0.4) is 0 Å². The largest absolute Gasteiger partial charge is 0.335 e. The molecule has 2 atom stereocenters. The Kier molecular flexibility index (Phi) is 5.91. The average Bonchev–Trinajstić information content (AvgIpc) is 2.77. The molecule has 0 saturated carbocycles. The number of amides is 2.